The maximum atomic E-state index is 12.6. The van der Waals surface area contributed by atoms with E-state index in [1.807, 2.05) is 53.7 Å². The van der Waals surface area contributed by atoms with E-state index in [1.165, 1.54) is 11.6 Å². The summed E-state index contributed by atoms with van der Waals surface area (Å²) >= 11 is 0. The molecule has 3 rings (SSSR count). The highest BCUT2D eigenvalue weighted by atomic mass is 16.3. The third kappa shape index (κ3) is 4.81. The van der Waals surface area contributed by atoms with Crippen molar-refractivity contribution in [2.75, 3.05) is 13.1 Å². The summed E-state index contributed by atoms with van der Waals surface area (Å²) in [4.78, 5) is 28.9. The highest BCUT2D eigenvalue weighted by Gasteiger charge is 2.27. The largest absolute Gasteiger partial charge is 0.507 e. The smallest absolute Gasteiger partial charge is 0.332 e. The van der Waals surface area contributed by atoms with Gasteiger partial charge in [-0.2, -0.15) is 0 Å². The number of nitrogens with zero attached hydrogens (tertiary/aromatic N) is 4. The van der Waals surface area contributed by atoms with Crippen molar-refractivity contribution >= 4 is 11.2 Å². The normalized spacial score (nSPS) is 13.6. The number of benzene rings is 1. The molecule has 3 N–H and O–H groups in total. The molecule has 0 spiro atoms. The van der Waals surface area contributed by atoms with Crippen molar-refractivity contribution in [1.82, 2.24) is 24.0 Å². The monoisotopic (exact) mass is 471 g/mol. The Morgan fingerprint density at radius 1 is 1.00 bits per heavy atom. The molecule has 9 heteroatoms. The topological polar surface area (TPSA) is 114 Å². The SMILES string of the molecule is Cn1c(=O)c2c(ncn2CCNCC(O)c2cc(C(C)(C)C)c(O)c(C(C)(C)C)c2)n(C)c1=O. The zero-order chi connectivity index (χ0) is 25.6. The Labute approximate surface area is 199 Å². The molecule has 0 aliphatic carbocycles. The minimum atomic E-state index is -0.768. The minimum absolute atomic E-state index is 0.276. The van der Waals surface area contributed by atoms with Crippen molar-refractivity contribution in [1.29, 1.82) is 0 Å². The van der Waals surface area contributed by atoms with E-state index in [-0.39, 0.29) is 22.1 Å². The van der Waals surface area contributed by atoms with Crippen LogP contribution in [0.5, 0.6) is 5.75 Å². The molecule has 3 aromatic rings. The number of imidazole rings is 1. The lowest BCUT2D eigenvalue weighted by Crippen LogP contribution is -2.37. The number of aromatic hydroxyl groups is 1. The van der Waals surface area contributed by atoms with E-state index in [4.69, 9.17) is 0 Å². The van der Waals surface area contributed by atoms with Crippen molar-refractivity contribution in [3.8, 4) is 5.75 Å². The average Bonchev–Trinajstić information content (AvgIpc) is 3.16. The molecule has 0 fully saturated rings. The van der Waals surface area contributed by atoms with Crippen LogP contribution in [0.2, 0.25) is 0 Å². The number of fused-ring (bicyclic) bond motifs is 1. The fourth-order valence-electron chi connectivity index (χ4n) is 4.12. The van der Waals surface area contributed by atoms with Gasteiger partial charge in [-0.25, -0.2) is 9.78 Å². The van der Waals surface area contributed by atoms with Crippen LogP contribution in [0.15, 0.2) is 28.0 Å². The Hall–Kier alpha value is -2.91. The molecule has 0 aliphatic heterocycles. The first kappa shape index (κ1) is 25.7. The summed E-state index contributed by atoms with van der Waals surface area (Å²) in [6.45, 7) is 13.5. The standard InChI is InChI=1S/C25H37N5O4/c1-24(2,3)16-11-15(12-17(20(16)32)25(4,5)6)18(31)13-26-9-10-30-14-27-21-19(30)22(33)29(8)23(34)28(21)7/h11-12,14,18,26,31-32H,9-10,13H2,1-8H3. The number of aryl methyl sites for hydroxylation is 1. The molecule has 0 amide bonds. The number of aromatic nitrogens is 4. The second kappa shape index (κ2) is 9.03. The summed E-state index contributed by atoms with van der Waals surface area (Å²) in [5.74, 6) is 0.284. The zero-order valence-electron chi connectivity index (χ0n) is 21.4. The van der Waals surface area contributed by atoms with Gasteiger partial charge < -0.3 is 20.1 Å². The lowest BCUT2D eigenvalue weighted by atomic mass is 9.78. The Balaban J connectivity index is 1.77. The first-order chi connectivity index (χ1) is 15.6. The molecule has 1 atom stereocenters. The fourth-order valence-corrected chi connectivity index (χ4v) is 4.12. The van der Waals surface area contributed by atoms with Crippen LogP contribution >= 0.6 is 0 Å². The third-order valence-electron chi connectivity index (χ3n) is 6.22. The fraction of sp³-hybridized carbons (Fsp3) is 0.560. The Bertz CT molecular complexity index is 1280. The third-order valence-corrected chi connectivity index (χ3v) is 6.22. The van der Waals surface area contributed by atoms with Crippen molar-refractivity contribution in [3.63, 3.8) is 0 Å². The number of phenols is 1. The van der Waals surface area contributed by atoms with Crippen LogP contribution in [-0.4, -0.2) is 42.0 Å². The van der Waals surface area contributed by atoms with Crippen molar-refractivity contribution in [3.05, 3.63) is 56.0 Å². The number of hydrogen-bond acceptors (Lipinski definition) is 6. The molecule has 186 valence electrons. The predicted molar refractivity (Wildman–Crippen MR) is 134 cm³/mol. The van der Waals surface area contributed by atoms with Crippen LogP contribution in [0.1, 0.15) is 64.3 Å². The Kier molecular flexibility index (Phi) is 6.83. The summed E-state index contributed by atoms with van der Waals surface area (Å²) in [7, 11) is 3.04. The van der Waals surface area contributed by atoms with Crippen LogP contribution in [-0.2, 0) is 31.5 Å². The number of aliphatic hydroxyl groups excluding tert-OH is 1. The molecular formula is C25H37N5O4. The molecule has 34 heavy (non-hydrogen) atoms. The van der Waals surface area contributed by atoms with Crippen LogP contribution in [0, 0.1) is 0 Å². The summed E-state index contributed by atoms with van der Waals surface area (Å²) in [5, 5.41) is 25.0. The maximum Gasteiger partial charge on any atom is 0.332 e. The number of rotatable bonds is 6. The van der Waals surface area contributed by atoms with E-state index in [9.17, 15) is 19.8 Å². The quantitative estimate of drug-likeness (QED) is 0.474. The van der Waals surface area contributed by atoms with Gasteiger partial charge in [-0.3, -0.25) is 13.9 Å². The lowest BCUT2D eigenvalue weighted by Gasteiger charge is -2.29. The van der Waals surface area contributed by atoms with Gasteiger partial charge in [-0.15, -0.1) is 0 Å². The van der Waals surface area contributed by atoms with Gasteiger partial charge in [-0.1, -0.05) is 41.5 Å². The van der Waals surface area contributed by atoms with E-state index in [0.29, 0.717) is 30.8 Å². The summed E-state index contributed by atoms with van der Waals surface area (Å²) in [6, 6.07) is 3.76. The first-order valence-corrected chi connectivity index (χ1v) is 11.5. The molecule has 9 nitrogen and oxygen atoms in total. The predicted octanol–water partition coefficient (Wildman–Crippen LogP) is 2.06. The molecule has 1 unspecified atom stereocenters. The van der Waals surface area contributed by atoms with E-state index >= 15 is 0 Å². The van der Waals surface area contributed by atoms with Gasteiger partial charge in [0.2, 0.25) is 0 Å². The molecule has 0 radical (unpaired) electrons. The van der Waals surface area contributed by atoms with E-state index in [0.717, 1.165) is 21.3 Å². The molecule has 0 aliphatic rings. The van der Waals surface area contributed by atoms with Crippen LogP contribution in [0.3, 0.4) is 0 Å². The van der Waals surface area contributed by atoms with Crippen LogP contribution < -0.4 is 16.6 Å². The van der Waals surface area contributed by atoms with Gasteiger partial charge >= 0.3 is 5.69 Å². The summed E-state index contributed by atoms with van der Waals surface area (Å²) < 4.78 is 4.14. The Morgan fingerprint density at radius 3 is 2.09 bits per heavy atom. The average molecular weight is 472 g/mol. The maximum absolute atomic E-state index is 12.6. The van der Waals surface area contributed by atoms with Gasteiger partial charge in [0.1, 0.15) is 5.75 Å². The van der Waals surface area contributed by atoms with Gasteiger partial charge in [0.05, 0.1) is 12.4 Å². The van der Waals surface area contributed by atoms with E-state index in [2.05, 4.69) is 10.3 Å². The van der Waals surface area contributed by atoms with E-state index < -0.39 is 11.8 Å². The van der Waals surface area contributed by atoms with Crippen LogP contribution in [0.25, 0.3) is 11.2 Å². The second-order valence-corrected chi connectivity index (χ2v) is 11.0. The van der Waals surface area contributed by atoms with Crippen LogP contribution in [0.4, 0.5) is 0 Å². The number of hydrogen-bond donors (Lipinski definition) is 3. The molecule has 1 aromatic carbocycles. The molecule has 0 saturated carbocycles. The number of aliphatic hydroxyl groups is 1. The summed E-state index contributed by atoms with van der Waals surface area (Å²) in [5.41, 5.74) is 1.73. The highest BCUT2D eigenvalue weighted by Crippen LogP contribution is 2.40. The first-order valence-electron chi connectivity index (χ1n) is 11.5. The van der Waals surface area contributed by atoms with Gasteiger partial charge in [0.15, 0.2) is 11.2 Å². The Morgan fingerprint density at radius 2 is 1.56 bits per heavy atom. The van der Waals surface area contributed by atoms with Crippen molar-refractivity contribution in [2.24, 2.45) is 14.1 Å². The zero-order valence-corrected chi connectivity index (χ0v) is 21.4. The van der Waals surface area contributed by atoms with E-state index in [1.54, 1.807) is 17.9 Å². The molecule has 0 saturated heterocycles. The molecule has 2 heterocycles. The number of nitrogens with one attached hydrogen (secondary N) is 1. The molecular weight excluding hydrogens is 434 g/mol. The van der Waals surface area contributed by atoms with Gasteiger partial charge in [-0.05, 0) is 39.7 Å². The van der Waals surface area contributed by atoms with Gasteiger partial charge in [0.25, 0.3) is 5.56 Å². The summed E-state index contributed by atoms with van der Waals surface area (Å²) in [6.07, 6.45) is 0.783. The minimum Gasteiger partial charge on any atom is -0.507 e. The molecule has 2 aromatic heterocycles. The van der Waals surface area contributed by atoms with Gasteiger partial charge in [0, 0.05) is 33.7 Å². The van der Waals surface area contributed by atoms with Crippen molar-refractivity contribution in [2.45, 2.75) is 65.0 Å². The number of phenolic OH excluding ortho intramolecular Hbond substituents is 1. The van der Waals surface area contributed by atoms with Crippen molar-refractivity contribution < 1.29 is 10.2 Å². The second-order valence-electron chi connectivity index (χ2n) is 11.0. The molecule has 0 bridgehead atoms. The lowest BCUT2D eigenvalue weighted by molar-refractivity contribution is 0.174. The highest BCUT2D eigenvalue weighted by molar-refractivity contribution is 5.69.